The molecule has 0 aromatic carbocycles. The Kier molecular flexibility index (Phi) is 3.96. The summed E-state index contributed by atoms with van der Waals surface area (Å²) in [6, 6.07) is 0.756. The van der Waals surface area contributed by atoms with Gasteiger partial charge < -0.3 is 4.90 Å². The first-order valence-electron chi connectivity index (χ1n) is 6.12. The van der Waals surface area contributed by atoms with Gasteiger partial charge in [0, 0.05) is 37.6 Å². The molecule has 2 saturated heterocycles. The van der Waals surface area contributed by atoms with E-state index in [9.17, 15) is 0 Å². The van der Waals surface area contributed by atoms with E-state index in [0.29, 0.717) is 0 Å². The van der Waals surface area contributed by atoms with Crippen LogP contribution in [-0.4, -0.2) is 48.6 Å². The van der Waals surface area contributed by atoms with Gasteiger partial charge in [-0.25, -0.2) is 0 Å². The first-order chi connectivity index (χ1) is 6.65. The van der Waals surface area contributed by atoms with Crippen LogP contribution in [0.4, 0.5) is 0 Å². The second-order valence-electron chi connectivity index (χ2n) is 4.80. The summed E-state index contributed by atoms with van der Waals surface area (Å²) in [6.07, 6.45) is 0. The number of likely N-dealkylation sites (tertiary alicyclic amines) is 2. The molecule has 2 nitrogen and oxygen atoms in total. The Morgan fingerprint density at radius 1 is 1.07 bits per heavy atom. The fraction of sp³-hybridized carbons (Fsp3) is 1.00. The fourth-order valence-corrected chi connectivity index (χ4v) is 2.51. The summed E-state index contributed by atoms with van der Waals surface area (Å²) >= 11 is 0. The van der Waals surface area contributed by atoms with Crippen LogP contribution in [0.2, 0.25) is 0 Å². The van der Waals surface area contributed by atoms with Gasteiger partial charge in [-0.1, -0.05) is 20.8 Å². The first-order valence-corrected chi connectivity index (χ1v) is 6.12. The van der Waals surface area contributed by atoms with Crippen LogP contribution in [0.3, 0.4) is 0 Å². The molecule has 84 valence electrons. The maximum atomic E-state index is 2.58. The minimum absolute atomic E-state index is 0.722. The monoisotopic (exact) mass is 198 g/mol. The van der Waals surface area contributed by atoms with Crippen molar-refractivity contribution >= 4 is 0 Å². The molecule has 0 aliphatic carbocycles. The van der Waals surface area contributed by atoms with Gasteiger partial charge in [0.2, 0.25) is 0 Å². The van der Waals surface area contributed by atoms with Crippen LogP contribution < -0.4 is 0 Å². The number of nitrogens with zero attached hydrogens (tertiary/aromatic N) is 2. The van der Waals surface area contributed by atoms with Crippen molar-refractivity contribution in [2.24, 2.45) is 5.41 Å². The highest BCUT2D eigenvalue weighted by molar-refractivity contribution is 5.05. The molecule has 2 rings (SSSR count). The van der Waals surface area contributed by atoms with Crippen LogP contribution in [0, 0.1) is 5.41 Å². The van der Waals surface area contributed by atoms with Gasteiger partial charge in [0.1, 0.15) is 0 Å². The van der Waals surface area contributed by atoms with Gasteiger partial charge >= 0.3 is 0 Å². The van der Waals surface area contributed by atoms with E-state index in [4.69, 9.17) is 0 Å². The molecule has 2 fully saturated rings. The molecule has 0 N–H and O–H groups in total. The summed E-state index contributed by atoms with van der Waals surface area (Å²) in [5.41, 5.74) is 0.722. The lowest BCUT2D eigenvalue weighted by molar-refractivity contribution is -0.123. The van der Waals surface area contributed by atoms with Gasteiger partial charge in [-0.3, -0.25) is 4.90 Å². The Morgan fingerprint density at radius 2 is 1.57 bits per heavy atom. The van der Waals surface area contributed by atoms with Crippen LogP contribution in [-0.2, 0) is 0 Å². The predicted octanol–water partition coefficient (Wildman–Crippen LogP) is 2.06. The van der Waals surface area contributed by atoms with Gasteiger partial charge in [-0.05, 0) is 20.4 Å². The number of hydrogen-bond donors (Lipinski definition) is 0. The quantitative estimate of drug-likeness (QED) is 0.670. The van der Waals surface area contributed by atoms with Crippen molar-refractivity contribution in [2.75, 3.05) is 32.7 Å². The Labute approximate surface area is 89.3 Å². The van der Waals surface area contributed by atoms with Crippen molar-refractivity contribution in [1.82, 2.24) is 9.80 Å². The van der Waals surface area contributed by atoms with E-state index in [0.717, 1.165) is 11.5 Å². The molecule has 0 atom stereocenters. The summed E-state index contributed by atoms with van der Waals surface area (Å²) in [5.74, 6) is 0. The van der Waals surface area contributed by atoms with E-state index in [2.05, 4.69) is 30.6 Å². The Balaban J connectivity index is 0.000000461. The van der Waals surface area contributed by atoms with Crippen LogP contribution in [0.25, 0.3) is 0 Å². The third-order valence-corrected chi connectivity index (χ3v) is 3.37. The molecule has 0 amide bonds. The molecule has 0 aromatic rings. The summed E-state index contributed by atoms with van der Waals surface area (Å²) in [5, 5.41) is 0. The molecular weight excluding hydrogens is 172 g/mol. The van der Waals surface area contributed by atoms with Crippen molar-refractivity contribution in [3.8, 4) is 0 Å². The third-order valence-electron chi connectivity index (χ3n) is 3.37. The van der Waals surface area contributed by atoms with E-state index < -0.39 is 0 Å². The SMILES string of the molecule is CC.CCN1CC2(C1)CN(C(C)C)C2. The summed E-state index contributed by atoms with van der Waals surface area (Å²) in [4.78, 5) is 5.12. The molecule has 0 unspecified atom stereocenters. The Bertz CT molecular complexity index is 163. The lowest BCUT2D eigenvalue weighted by Crippen LogP contribution is -2.72. The molecular formula is C12H26N2. The van der Waals surface area contributed by atoms with Gasteiger partial charge in [-0.15, -0.1) is 0 Å². The van der Waals surface area contributed by atoms with Crippen LogP contribution in [0.1, 0.15) is 34.6 Å². The maximum Gasteiger partial charge on any atom is 0.0212 e. The zero-order chi connectivity index (χ0) is 10.8. The van der Waals surface area contributed by atoms with Crippen LogP contribution in [0.5, 0.6) is 0 Å². The van der Waals surface area contributed by atoms with Gasteiger partial charge in [-0.2, -0.15) is 0 Å². The summed E-state index contributed by atoms with van der Waals surface area (Å²) in [7, 11) is 0. The van der Waals surface area contributed by atoms with Crippen molar-refractivity contribution < 1.29 is 0 Å². The summed E-state index contributed by atoms with van der Waals surface area (Å²) < 4.78 is 0. The largest absolute Gasteiger partial charge is 0.302 e. The smallest absolute Gasteiger partial charge is 0.0212 e. The van der Waals surface area contributed by atoms with Crippen LogP contribution in [0.15, 0.2) is 0 Å². The highest BCUT2D eigenvalue weighted by Crippen LogP contribution is 2.39. The van der Waals surface area contributed by atoms with Crippen LogP contribution >= 0.6 is 0 Å². The lowest BCUT2D eigenvalue weighted by atomic mass is 9.72. The van der Waals surface area contributed by atoms with E-state index >= 15 is 0 Å². The molecule has 0 aromatic heterocycles. The average Bonchev–Trinajstić information content (AvgIpc) is 2.03. The Morgan fingerprint density at radius 3 is 1.93 bits per heavy atom. The van der Waals surface area contributed by atoms with E-state index in [1.54, 1.807) is 0 Å². The lowest BCUT2D eigenvalue weighted by Gasteiger charge is -2.61. The van der Waals surface area contributed by atoms with Gasteiger partial charge in [0.15, 0.2) is 0 Å². The minimum Gasteiger partial charge on any atom is -0.302 e. The van der Waals surface area contributed by atoms with Crippen molar-refractivity contribution in [2.45, 2.75) is 40.7 Å². The normalized spacial score (nSPS) is 25.3. The third kappa shape index (κ3) is 2.12. The van der Waals surface area contributed by atoms with Crippen molar-refractivity contribution in [3.05, 3.63) is 0 Å². The van der Waals surface area contributed by atoms with E-state index in [1.165, 1.54) is 32.7 Å². The molecule has 0 bridgehead atoms. The second kappa shape index (κ2) is 4.63. The molecule has 14 heavy (non-hydrogen) atoms. The standard InChI is InChI=1S/C10H20N2.C2H6/c1-4-11-5-10(6-11)7-12(8-10)9(2)3;1-2/h9H,4-8H2,1-3H3;1-2H3. The highest BCUT2D eigenvalue weighted by Gasteiger charge is 2.51. The minimum atomic E-state index is 0.722. The van der Waals surface area contributed by atoms with Crippen molar-refractivity contribution in [1.29, 1.82) is 0 Å². The van der Waals surface area contributed by atoms with Gasteiger partial charge in [0.05, 0.1) is 0 Å². The second-order valence-corrected chi connectivity index (χ2v) is 4.80. The number of rotatable bonds is 2. The first kappa shape index (κ1) is 12.0. The van der Waals surface area contributed by atoms with Gasteiger partial charge in [0.25, 0.3) is 0 Å². The average molecular weight is 198 g/mol. The molecule has 2 aliphatic heterocycles. The van der Waals surface area contributed by atoms with E-state index in [-0.39, 0.29) is 0 Å². The van der Waals surface area contributed by atoms with E-state index in [1.807, 2.05) is 13.8 Å². The molecule has 2 aliphatic rings. The molecule has 1 spiro atoms. The maximum absolute atomic E-state index is 2.58. The zero-order valence-corrected chi connectivity index (χ0v) is 10.5. The topological polar surface area (TPSA) is 6.48 Å². The highest BCUT2D eigenvalue weighted by atomic mass is 15.3. The molecule has 2 heterocycles. The molecule has 0 saturated carbocycles. The predicted molar refractivity (Wildman–Crippen MR) is 62.6 cm³/mol. The number of hydrogen-bond acceptors (Lipinski definition) is 2. The Hall–Kier alpha value is -0.0800. The summed E-state index contributed by atoms with van der Waals surface area (Å²) in [6.45, 7) is 17.5. The fourth-order valence-electron chi connectivity index (χ4n) is 2.51. The molecule has 2 heteroatoms. The molecule has 0 radical (unpaired) electrons. The van der Waals surface area contributed by atoms with Crippen molar-refractivity contribution in [3.63, 3.8) is 0 Å². The zero-order valence-electron chi connectivity index (χ0n) is 10.5.